The molecule has 0 radical (unpaired) electrons. The molecule has 0 N–H and O–H groups in total. The highest BCUT2D eigenvalue weighted by Crippen LogP contribution is 2.48. The standard InChI is InChI=1S/C25H26Cl2O4Si/c1-5-30-20(28)16-31-19-14-17-15-25(12-9-13-32(2,3)4,18-10-7-6-8-11-18)24(29)21(17)23(27)22(19)26/h6-8,10-11,14H,5,12,15-16H2,1-4H3. The van der Waals surface area contributed by atoms with Gasteiger partial charge in [0.1, 0.15) is 18.8 Å². The number of halogens is 2. The Balaban J connectivity index is 2.03. The van der Waals surface area contributed by atoms with Gasteiger partial charge in [-0.1, -0.05) is 73.2 Å². The molecular weight excluding hydrogens is 463 g/mol. The van der Waals surface area contributed by atoms with Crippen LogP contribution in [0.5, 0.6) is 5.75 Å². The van der Waals surface area contributed by atoms with Gasteiger partial charge in [-0.25, -0.2) is 4.79 Å². The molecule has 0 bridgehead atoms. The molecule has 0 saturated heterocycles. The third-order valence-corrected chi connectivity index (χ3v) is 7.02. The van der Waals surface area contributed by atoms with Gasteiger partial charge >= 0.3 is 5.97 Å². The Hall–Kier alpha value is -2.26. The molecule has 0 aliphatic heterocycles. The molecule has 3 rings (SSSR count). The van der Waals surface area contributed by atoms with Crippen LogP contribution in [0.2, 0.25) is 29.7 Å². The SMILES string of the molecule is CCOC(=O)COc1cc2c(c(Cl)c1Cl)C(=O)C(CC#C[Si](C)(C)C)(c1ccccc1)C2. The van der Waals surface area contributed by atoms with E-state index in [1.807, 2.05) is 30.3 Å². The molecule has 0 heterocycles. The summed E-state index contributed by atoms with van der Waals surface area (Å²) < 4.78 is 10.5. The molecule has 7 heteroatoms. The molecule has 1 unspecified atom stereocenters. The van der Waals surface area contributed by atoms with E-state index in [4.69, 9.17) is 32.7 Å². The summed E-state index contributed by atoms with van der Waals surface area (Å²) >= 11 is 13.0. The van der Waals surface area contributed by atoms with Gasteiger partial charge in [0.2, 0.25) is 0 Å². The molecule has 0 amide bonds. The molecule has 168 valence electrons. The smallest absolute Gasteiger partial charge is 0.344 e. The monoisotopic (exact) mass is 488 g/mol. The Morgan fingerprint density at radius 3 is 2.47 bits per heavy atom. The first-order chi connectivity index (χ1) is 15.1. The van der Waals surface area contributed by atoms with Crippen LogP contribution in [-0.2, 0) is 21.4 Å². The second-order valence-electron chi connectivity index (χ2n) is 8.81. The van der Waals surface area contributed by atoms with Gasteiger partial charge in [0.25, 0.3) is 0 Å². The van der Waals surface area contributed by atoms with Gasteiger partial charge in [-0.2, -0.15) is 0 Å². The molecule has 32 heavy (non-hydrogen) atoms. The summed E-state index contributed by atoms with van der Waals surface area (Å²) in [6, 6.07) is 11.4. The summed E-state index contributed by atoms with van der Waals surface area (Å²) in [7, 11) is -1.61. The van der Waals surface area contributed by atoms with E-state index >= 15 is 0 Å². The molecule has 2 aromatic carbocycles. The first-order valence-electron chi connectivity index (χ1n) is 10.5. The molecule has 1 aliphatic carbocycles. The van der Waals surface area contributed by atoms with E-state index in [9.17, 15) is 9.59 Å². The molecule has 1 atom stereocenters. The third-order valence-electron chi connectivity index (χ3n) is 5.24. The summed E-state index contributed by atoms with van der Waals surface area (Å²) in [6.07, 6.45) is 0.819. The maximum Gasteiger partial charge on any atom is 0.344 e. The van der Waals surface area contributed by atoms with Crippen LogP contribution in [0.4, 0.5) is 0 Å². The van der Waals surface area contributed by atoms with Crippen LogP contribution in [0.1, 0.15) is 34.8 Å². The lowest BCUT2D eigenvalue weighted by molar-refractivity contribution is -0.145. The molecule has 0 aromatic heterocycles. The lowest BCUT2D eigenvalue weighted by Crippen LogP contribution is -2.33. The predicted molar refractivity (Wildman–Crippen MR) is 130 cm³/mol. The van der Waals surface area contributed by atoms with E-state index < -0.39 is 19.5 Å². The Labute approximate surface area is 200 Å². The summed E-state index contributed by atoms with van der Waals surface area (Å²) in [4.78, 5) is 25.5. The van der Waals surface area contributed by atoms with Crippen LogP contribution >= 0.6 is 23.2 Å². The minimum Gasteiger partial charge on any atom is -0.480 e. The van der Waals surface area contributed by atoms with Crippen LogP contribution < -0.4 is 4.74 Å². The fourth-order valence-corrected chi connectivity index (χ4v) is 4.94. The molecule has 4 nitrogen and oxygen atoms in total. The van der Waals surface area contributed by atoms with E-state index in [0.717, 1.165) is 11.1 Å². The Kier molecular flexibility index (Phi) is 7.39. The average molecular weight is 489 g/mol. The number of fused-ring (bicyclic) bond motifs is 1. The van der Waals surface area contributed by atoms with E-state index in [-0.39, 0.29) is 34.8 Å². The number of Topliss-reactive ketones (excluding diaryl/α,β-unsaturated/α-hetero) is 1. The Morgan fingerprint density at radius 2 is 1.84 bits per heavy atom. The second-order valence-corrected chi connectivity index (χ2v) is 14.3. The van der Waals surface area contributed by atoms with Gasteiger partial charge < -0.3 is 9.47 Å². The summed E-state index contributed by atoms with van der Waals surface area (Å²) in [5.41, 5.74) is 4.57. The van der Waals surface area contributed by atoms with Crippen LogP contribution in [0.3, 0.4) is 0 Å². The normalized spacial score (nSPS) is 17.4. The second kappa shape index (κ2) is 9.70. The van der Waals surface area contributed by atoms with Crippen LogP contribution in [-0.4, -0.2) is 33.0 Å². The number of hydrogen-bond acceptors (Lipinski definition) is 4. The predicted octanol–water partition coefficient (Wildman–Crippen LogP) is 5.88. The first kappa shape index (κ1) is 24.4. The molecule has 0 spiro atoms. The number of ether oxygens (including phenoxy) is 2. The van der Waals surface area contributed by atoms with Crippen LogP contribution in [0.25, 0.3) is 0 Å². The summed E-state index contributed by atoms with van der Waals surface area (Å²) in [5, 5.41) is 0.254. The number of hydrogen-bond donors (Lipinski definition) is 0. The Morgan fingerprint density at radius 1 is 1.16 bits per heavy atom. The average Bonchev–Trinajstić information content (AvgIpc) is 3.02. The molecular formula is C25H26Cl2O4Si. The van der Waals surface area contributed by atoms with Crippen molar-refractivity contribution in [3.05, 3.63) is 63.1 Å². The minimum atomic E-state index is -1.61. The quantitative estimate of drug-likeness (QED) is 0.289. The van der Waals surface area contributed by atoms with Crippen molar-refractivity contribution in [3.63, 3.8) is 0 Å². The van der Waals surface area contributed by atoms with E-state index in [1.165, 1.54) is 0 Å². The van der Waals surface area contributed by atoms with Gasteiger partial charge in [-0.15, -0.1) is 11.5 Å². The zero-order valence-corrected chi connectivity index (χ0v) is 21.2. The van der Waals surface area contributed by atoms with Gasteiger partial charge in [0.05, 0.1) is 17.0 Å². The van der Waals surface area contributed by atoms with Crippen molar-refractivity contribution in [2.75, 3.05) is 13.2 Å². The minimum absolute atomic E-state index is 0.0904. The fourth-order valence-electron chi connectivity index (χ4n) is 3.82. The molecule has 0 saturated carbocycles. The third kappa shape index (κ3) is 5.04. The molecule has 0 fully saturated rings. The largest absolute Gasteiger partial charge is 0.480 e. The Bertz CT molecular complexity index is 1100. The van der Waals surface area contributed by atoms with Gasteiger partial charge in [-0.3, -0.25) is 4.79 Å². The van der Waals surface area contributed by atoms with E-state index in [0.29, 0.717) is 18.4 Å². The molecule has 1 aliphatic rings. The number of carbonyl (C=O) groups is 2. The highest BCUT2D eigenvalue weighted by molar-refractivity contribution is 6.83. The summed E-state index contributed by atoms with van der Waals surface area (Å²) in [5.74, 6) is 2.96. The highest BCUT2D eigenvalue weighted by Gasteiger charge is 2.48. The van der Waals surface area contributed by atoms with Crippen molar-refractivity contribution in [1.82, 2.24) is 0 Å². The van der Waals surface area contributed by atoms with Crippen LogP contribution in [0, 0.1) is 11.5 Å². The van der Waals surface area contributed by atoms with E-state index in [1.54, 1.807) is 13.0 Å². The van der Waals surface area contributed by atoms with Crippen LogP contribution in [0.15, 0.2) is 36.4 Å². The van der Waals surface area contributed by atoms with Crippen molar-refractivity contribution in [2.24, 2.45) is 0 Å². The van der Waals surface area contributed by atoms with Crippen molar-refractivity contribution < 1.29 is 19.1 Å². The van der Waals surface area contributed by atoms with Gasteiger partial charge in [0.15, 0.2) is 12.4 Å². The number of benzene rings is 2. The maximum absolute atomic E-state index is 13.8. The van der Waals surface area contributed by atoms with E-state index in [2.05, 4.69) is 31.1 Å². The highest BCUT2D eigenvalue weighted by atomic mass is 35.5. The first-order valence-corrected chi connectivity index (χ1v) is 14.7. The van der Waals surface area contributed by atoms with Gasteiger partial charge in [-0.05, 0) is 30.5 Å². The fraction of sp³-hybridized carbons (Fsp3) is 0.360. The summed E-state index contributed by atoms with van der Waals surface area (Å²) in [6.45, 7) is 8.20. The van der Waals surface area contributed by atoms with Gasteiger partial charge in [0, 0.05) is 12.0 Å². The maximum atomic E-state index is 13.8. The zero-order valence-electron chi connectivity index (χ0n) is 18.7. The number of esters is 1. The number of ketones is 1. The van der Waals surface area contributed by atoms with Crippen molar-refractivity contribution in [2.45, 2.75) is 44.8 Å². The van der Waals surface area contributed by atoms with Crippen molar-refractivity contribution in [1.29, 1.82) is 0 Å². The van der Waals surface area contributed by atoms with Crippen molar-refractivity contribution >= 4 is 43.0 Å². The number of carbonyl (C=O) groups excluding carboxylic acids is 2. The van der Waals surface area contributed by atoms with Crippen molar-refractivity contribution in [3.8, 4) is 17.2 Å². The number of rotatable bonds is 6. The topological polar surface area (TPSA) is 52.6 Å². The molecule has 2 aromatic rings. The lowest BCUT2D eigenvalue weighted by Gasteiger charge is -2.26. The zero-order chi connectivity index (χ0) is 23.5. The lowest BCUT2D eigenvalue weighted by atomic mass is 9.74.